The molecule has 0 spiro atoms. The normalized spacial score (nSPS) is 12.1. The van der Waals surface area contributed by atoms with Gasteiger partial charge in [-0.25, -0.2) is 0 Å². The van der Waals surface area contributed by atoms with Gasteiger partial charge < -0.3 is 20.7 Å². The Labute approximate surface area is 121 Å². The number of halogens is 1. The molecule has 0 bridgehead atoms. The number of thioether (sulfide) groups is 1. The number of hydrogen-bond donors (Lipinski definition) is 2. The fourth-order valence-corrected chi connectivity index (χ4v) is 1.73. The summed E-state index contributed by atoms with van der Waals surface area (Å²) in [7, 11) is 3.68. The summed E-state index contributed by atoms with van der Waals surface area (Å²) in [4.78, 5) is 13.7. The quantitative estimate of drug-likeness (QED) is 0.602. The first-order chi connectivity index (χ1) is 8.11. The van der Waals surface area contributed by atoms with Crippen molar-refractivity contribution < 1.29 is 9.53 Å². The van der Waals surface area contributed by atoms with E-state index in [0.29, 0.717) is 13.2 Å². The number of hydrogen-bond acceptors (Lipinski definition) is 5. The monoisotopic (exact) mass is 299 g/mol. The molecule has 18 heavy (non-hydrogen) atoms. The van der Waals surface area contributed by atoms with Crippen molar-refractivity contribution in [2.24, 2.45) is 5.73 Å². The van der Waals surface area contributed by atoms with Gasteiger partial charge in [-0.05, 0) is 25.5 Å². The van der Waals surface area contributed by atoms with Crippen LogP contribution in [-0.4, -0.2) is 69.3 Å². The summed E-state index contributed by atoms with van der Waals surface area (Å²) in [5, 5.41) is 2.84. The number of carbonyl (C=O) groups excluding carboxylic acids is 1. The molecule has 0 aromatic heterocycles. The second kappa shape index (κ2) is 13.4. The van der Waals surface area contributed by atoms with Gasteiger partial charge in [0.2, 0.25) is 5.91 Å². The lowest BCUT2D eigenvalue weighted by atomic mass is 10.2. The fourth-order valence-electron chi connectivity index (χ4n) is 1.24. The molecule has 3 N–H and O–H groups in total. The topological polar surface area (TPSA) is 67.6 Å². The van der Waals surface area contributed by atoms with Crippen LogP contribution in [0, 0.1) is 0 Å². The minimum atomic E-state index is -0.383. The van der Waals surface area contributed by atoms with Gasteiger partial charge in [0.25, 0.3) is 0 Å². The largest absolute Gasteiger partial charge is 0.383 e. The third-order valence-corrected chi connectivity index (χ3v) is 3.08. The lowest BCUT2D eigenvalue weighted by Crippen LogP contribution is -2.43. The zero-order valence-electron chi connectivity index (χ0n) is 11.5. The van der Waals surface area contributed by atoms with Crippen molar-refractivity contribution in [2.75, 3.05) is 52.4 Å². The minimum absolute atomic E-state index is 0. The molecule has 0 aliphatic heterocycles. The first kappa shape index (κ1) is 20.3. The standard InChI is InChI=1S/C11H25N3O2S.ClH/c1-14(7-8-16-2)6-5-13-11(15)10(12)4-9-17-3;/h10H,4-9,12H2,1-3H3,(H,13,15);1H/t10-;/m0./s1. The maximum Gasteiger partial charge on any atom is 0.236 e. The predicted molar refractivity (Wildman–Crippen MR) is 80.6 cm³/mol. The SMILES string of the molecule is COCCN(C)CCNC(=O)[C@@H](N)CCSC.Cl. The van der Waals surface area contributed by atoms with Crippen LogP contribution < -0.4 is 11.1 Å². The molecule has 0 unspecified atom stereocenters. The molecule has 1 atom stereocenters. The van der Waals surface area contributed by atoms with E-state index in [4.69, 9.17) is 10.5 Å². The van der Waals surface area contributed by atoms with Crippen molar-refractivity contribution in [2.45, 2.75) is 12.5 Å². The highest BCUT2D eigenvalue weighted by atomic mass is 35.5. The number of methoxy groups -OCH3 is 1. The first-order valence-electron chi connectivity index (χ1n) is 5.81. The Balaban J connectivity index is 0. The number of nitrogens with one attached hydrogen (secondary N) is 1. The van der Waals surface area contributed by atoms with E-state index in [0.717, 1.165) is 25.3 Å². The van der Waals surface area contributed by atoms with Crippen LogP contribution in [0.2, 0.25) is 0 Å². The maximum absolute atomic E-state index is 11.6. The van der Waals surface area contributed by atoms with Crippen LogP contribution in [0.1, 0.15) is 6.42 Å². The summed E-state index contributed by atoms with van der Waals surface area (Å²) in [6.07, 6.45) is 2.74. The highest BCUT2D eigenvalue weighted by Crippen LogP contribution is 1.98. The summed E-state index contributed by atoms with van der Waals surface area (Å²) >= 11 is 1.70. The van der Waals surface area contributed by atoms with Crippen LogP contribution in [0.15, 0.2) is 0 Å². The summed E-state index contributed by atoms with van der Waals surface area (Å²) in [5.41, 5.74) is 5.74. The van der Waals surface area contributed by atoms with Crippen molar-refractivity contribution in [1.82, 2.24) is 10.2 Å². The smallest absolute Gasteiger partial charge is 0.236 e. The molecular weight excluding hydrogens is 274 g/mol. The maximum atomic E-state index is 11.6. The van der Waals surface area contributed by atoms with Gasteiger partial charge in [-0.3, -0.25) is 4.79 Å². The summed E-state index contributed by atoms with van der Waals surface area (Å²) in [5.74, 6) is 0.863. The number of ether oxygens (including phenoxy) is 1. The molecule has 0 aromatic carbocycles. The number of rotatable bonds is 10. The minimum Gasteiger partial charge on any atom is -0.383 e. The van der Waals surface area contributed by atoms with Crippen LogP contribution in [0.5, 0.6) is 0 Å². The predicted octanol–water partition coefficient (Wildman–Crippen LogP) is 0.183. The Morgan fingerprint density at radius 2 is 2.17 bits per heavy atom. The molecule has 1 amide bonds. The van der Waals surface area contributed by atoms with Crippen LogP contribution in [0.4, 0.5) is 0 Å². The van der Waals surface area contributed by atoms with Crippen molar-refractivity contribution >= 4 is 30.1 Å². The average molecular weight is 300 g/mol. The Morgan fingerprint density at radius 3 is 2.72 bits per heavy atom. The lowest BCUT2D eigenvalue weighted by Gasteiger charge is -2.17. The van der Waals surface area contributed by atoms with Crippen molar-refractivity contribution in [3.63, 3.8) is 0 Å². The van der Waals surface area contributed by atoms with Gasteiger partial charge in [-0.2, -0.15) is 11.8 Å². The summed E-state index contributed by atoms with van der Waals surface area (Å²) in [6, 6.07) is -0.383. The number of nitrogens with two attached hydrogens (primary N) is 1. The van der Waals surface area contributed by atoms with E-state index >= 15 is 0 Å². The van der Waals surface area contributed by atoms with Gasteiger partial charge in [0.1, 0.15) is 0 Å². The van der Waals surface area contributed by atoms with E-state index in [1.54, 1.807) is 18.9 Å². The summed E-state index contributed by atoms with van der Waals surface area (Å²) < 4.78 is 4.97. The Morgan fingerprint density at radius 1 is 1.50 bits per heavy atom. The van der Waals surface area contributed by atoms with E-state index < -0.39 is 0 Å². The van der Waals surface area contributed by atoms with Gasteiger partial charge in [-0.1, -0.05) is 0 Å². The fraction of sp³-hybridized carbons (Fsp3) is 0.909. The third kappa shape index (κ3) is 11.1. The number of nitrogens with zero attached hydrogens (tertiary/aromatic N) is 1. The number of likely N-dealkylation sites (N-methyl/N-ethyl adjacent to an activating group) is 1. The first-order valence-corrected chi connectivity index (χ1v) is 7.21. The van der Waals surface area contributed by atoms with Gasteiger partial charge >= 0.3 is 0 Å². The van der Waals surface area contributed by atoms with Crippen molar-refractivity contribution in [3.8, 4) is 0 Å². The van der Waals surface area contributed by atoms with Gasteiger partial charge in [0.05, 0.1) is 12.6 Å². The van der Waals surface area contributed by atoms with E-state index in [-0.39, 0.29) is 24.4 Å². The zero-order valence-corrected chi connectivity index (χ0v) is 13.1. The summed E-state index contributed by atoms with van der Waals surface area (Å²) in [6.45, 7) is 3.01. The van der Waals surface area contributed by atoms with Crippen LogP contribution in [0.25, 0.3) is 0 Å². The van der Waals surface area contributed by atoms with Gasteiger partial charge in [0.15, 0.2) is 0 Å². The lowest BCUT2D eigenvalue weighted by molar-refractivity contribution is -0.122. The molecular formula is C11H26ClN3O2S. The molecule has 7 heteroatoms. The Kier molecular flexibility index (Phi) is 15.1. The molecule has 0 saturated heterocycles. The van der Waals surface area contributed by atoms with E-state index in [9.17, 15) is 4.79 Å². The molecule has 0 radical (unpaired) electrons. The van der Waals surface area contributed by atoms with Gasteiger partial charge in [-0.15, -0.1) is 12.4 Å². The van der Waals surface area contributed by atoms with Crippen molar-refractivity contribution in [1.29, 1.82) is 0 Å². The zero-order chi connectivity index (χ0) is 13.1. The number of amides is 1. The molecule has 0 saturated carbocycles. The molecule has 0 aromatic rings. The Hall–Kier alpha value is -0.0100. The molecule has 0 fully saturated rings. The molecule has 0 aliphatic rings. The number of carbonyl (C=O) groups is 1. The van der Waals surface area contributed by atoms with E-state index in [2.05, 4.69) is 10.2 Å². The molecule has 0 heterocycles. The second-order valence-electron chi connectivity index (χ2n) is 3.98. The van der Waals surface area contributed by atoms with E-state index in [1.807, 2.05) is 13.3 Å². The third-order valence-electron chi connectivity index (χ3n) is 2.44. The molecule has 0 aliphatic carbocycles. The van der Waals surface area contributed by atoms with Gasteiger partial charge in [0, 0.05) is 26.7 Å². The average Bonchev–Trinajstić information content (AvgIpc) is 2.33. The van der Waals surface area contributed by atoms with Crippen LogP contribution >= 0.6 is 24.2 Å². The van der Waals surface area contributed by atoms with Crippen LogP contribution in [-0.2, 0) is 9.53 Å². The van der Waals surface area contributed by atoms with E-state index in [1.165, 1.54) is 0 Å². The van der Waals surface area contributed by atoms with Crippen LogP contribution in [0.3, 0.4) is 0 Å². The Bertz CT molecular complexity index is 211. The molecule has 0 rings (SSSR count). The highest BCUT2D eigenvalue weighted by molar-refractivity contribution is 7.98. The molecule has 5 nitrogen and oxygen atoms in total. The second-order valence-corrected chi connectivity index (χ2v) is 4.96. The molecule has 110 valence electrons. The highest BCUT2D eigenvalue weighted by Gasteiger charge is 2.11. The van der Waals surface area contributed by atoms with Crippen molar-refractivity contribution in [3.05, 3.63) is 0 Å².